The number of hydrogen-bond acceptors (Lipinski definition) is 5. The Labute approximate surface area is 127 Å². The van der Waals surface area contributed by atoms with E-state index in [1.54, 1.807) is 11.3 Å². The van der Waals surface area contributed by atoms with Gasteiger partial charge in [0.25, 0.3) is 5.91 Å². The van der Waals surface area contributed by atoms with Crippen LogP contribution in [0.25, 0.3) is 0 Å². The summed E-state index contributed by atoms with van der Waals surface area (Å²) in [6, 6.07) is 3.88. The Morgan fingerprint density at radius 3 is 2.90 bits per heavy atom. The molecule has 0 aliphatic carbocycles. The van der Waals surface area contributed by atoms with E-state index in [1.165, 1.54) is 11.2 Å². The molecule has 7 heteroatoms. The molecule has 0 spiro atoms. The summed E-state index contributed by atoms with van der Waals surface area (Å²) in [6.07, 6.45) is 1.30. The zero-order chi connectivity index (χ0) is 15.1. The van der Waals surface area contributed by atoms with E-state index in [4.69, 9.17) is 9.47 Å². The summed E-state index contributed by atoms with van der Waals surface area (Å²) < 4.78 is 10.3. The molecule has 1 aliphatic rings. The predicted molar refractivity (Wildman–Crippen MR) is 78.4 cm³/mol. The number of ether oxygens (including phenoxy) is 2. The van der Waals surface area contributed by atoms with Gasteiger partial charge in [-0.05, 0) is 18.4 Å². The molecule has 0 radical (unpaired) electrons. The van der Waals surface area contributed by atoms with E-state index in [-0.39, 0.29) is 24.1 Å². The zero-order valence-corrected chi connectivity index (χ0v) is 12.6. The lowest BCUT2D eigenvalue weighted by Crippen LogP contribution is -2.41. The van der Waals surface area contributed by atoms with Gasteiger partial charge in [-0.25, -0.2) is 0 Å². The number of carbonyl (C=O) groups excluding carboxylic acids is 2. The Hall–Kier alpha value is -2.02. The second-order valence-corrected chi connectivity index (χ2v) is 5.41. The smallest absolute Gasteiger partial charge is 0.292 e. The maximum Gasteiger partial charge on any atom is 0.292 e. The molecule has 0 aromatic carbocycles. The highest BCUT2D eigenvalue weighted by Crippen LogP contribution is 2.09. The summed E-state index contributed by atoms with van der Waals surface area (Å²) >= 11 is 1.58. The molecule has 6 nitrogen and oxygen atoms in total. The van der Waals surface area contributed by atoms with Crippen molar-refractivity contribution in [2.75, 3.05) is 26.3 Å². The number of thiophene rings is 1. The van der Waals surface area contributed by atoms with Crippen LogP contribution < -0.4 is 5.32 Å². The molecule has 1 aromatic rings. The van der Waals surface area contributed by atoms with Crippen molar-refractivity contribution in [2.45, 2.75) is 13.5 Å². The third-order valence-corrected chi connectivity index (χ3v) is 3.78. The van der Waals surface area contributed by atoms with E-state index in [0.717, 1.165) is 4.88 Å². The molecule has 2 heterocycles. The van der Waals surface area contributed by atoms with Crippen molar-refractivity contribution in [1.82, 2.24) is 10.2 Å². The maximum atomic E-state index is 12.2. The van der Waals surface area contributed by atoms with Crippen molar-refractivity contribution < 1.29 is 19.1 Å². The van der Waals surface area contributed by atoms with E-state index >= 15 is 0 Å². The third kappa shape index (κ3) is 4.49. The lowest BCUT2D eigenvalue weighted by molar-refractivity contribution is -0.136. The van der Waals surface area contributed by atoms with Crippen molar-refractivity contribution in [3.05, 3.63) is 34.4 Å². The number of hydrogen-bond donors (Lipinski definition) is 1. The van der Waals surface area contributed by atoms with Crippen LogP contribution in [0.15, 0.2) is 29.5 Å². The van der Waals surface area contributed by atoms with Gasteiger partial charge in [-0.15, -0.1) is 11.3 Å². The third-order valence-electron chi connectivity index (χ3n) is 2.90. The average Bonchev–Trinajstić information content (AvgIpc) is 3.04. The first-order chi connectivity index (χ1) is 10.2. The number of rotatable bonds is 6. The van der Waals surface area contributed by atoms with Crippen LogP contribution in [0.2, 0.25) is 0 Å². The highest BCUT2D eigenvalue weighted by atomic mass is 32.1. The van der Waals surface area contributed by atoms with E-state index in [0.29, 0.717) is 26.3 Å². The predicted octanol–water partition coefficient (Wildman–Crippen LogP) is 1.10. The fourth-order valence-corrected chi connectivity index (χ4v) is 2.44. The maximum absolute atomic E-state index is 12.2. The molecule has 0 atom stereocenters. The molecule has 2 rings (SSSR count). The van der Waals surface area contributed by atoms with Crippen LogP contribution in [0.3, 0.4) is 0 Å². The molecule has 2 amide bonds. The number of likely N-dealkylation sites (N-methyl/N-ethyl adjacent to an activating group) is 1. The van der Waals surface area contributed by atoms with Crippen LogP contribution in [0.1, 0.15) is 11.8 Å². The van der Waals surface area contributed by atoms with Crippen LogP contribution in [0.5, 0.6) is 0 Å². The van der Waals surface area contributed by atoms with Crippen LogP contribution in [-0.4, -0.2) is 43.0 Å². The van der Waals surface area contributed by atoms with E-state index in [9.17, 15) is 9.59 Å². The standard InChI is InChI=1S/C14H18N2O4S/c1-2-16(14(18)12-10-19-5-6-20-12)9-13(17)15-8-11-4-3-7-21-11/h3-4,7,10H,2,5-6,8-9H2,1H3,(H,15,17). The van der Waals surface area contributed by atoms with Crippen LogP contribution in [0.4, 0.5) is 0 Å². The van der Waals surface area contributed by atoms with Gasteiger partial charge >= 0.3 is 0 Å². The molecule has 0 saturated heterocycles. The van der Waals surface area contributed by atoms with Crippen molar-refractivity contribution in [3.63, 3.8) is 0 Å². The summed E-state index contributed by atoms with van der Waals surface area (Å²) in [7, 11) is 0. The second-order valence-electron chi connectivity index (χ2n) is 4.38. The van der Waals surface area contributed by atoms with E-state index in [2.05, 4.69) is 5.32 Å². The number of amides is 2. The Kier molecular flexibility index (Phi) is 5.62. The van der Waals surface area contributed by atoms with Crippen molar-refractivity contribution in [1.29, 1.82) is 0 Å². The van der Waals surface area contributed by atoms with Gasteiger partial charge < -0.3 is 19.7 Å². The first-order valence-corrected chi connectivity index (χ1v) is 7.61. The van der Waals surface area contributed by atoms with Gasteiger partial charge in [0.1, 0.15) is 19.5 Å². The molecular weight excluding hydrogens is 292 g/mol. The summed E-state index contributed by atoms with van der Waals surface area (Å²) in [6.45, 7) is 3.50. The average molecular weight is 310 g/mol. The van der Waals surface area contributed by atoms with E-state index in [1.807, 2.05) is 24.4 Å². The van der Waals surface area contributed by atoms with Crippen LogP contribution in [-0.2, 0) is 25.6 Å². The van der Waals surface area contributed by atoms with Gasteiger partial charge in [0.2, 0.25) is 11.7 Å². The zero-order valence-electron chi connectivity index (χ0n) is 11.8. The Morgan fingerprint density at radius 2 is 2.29 bits per heavy atom. The van der Waals surface area contributed by atoms with Gasteiger partial charge in [0.15, 0.2) is 0 Å². The topological polar surface area (TPSA) is 67.9 Å². The molecule has 1 N–H and O–H groups in total. The first kappa shape index (κ1) is 15.4. The molecule has 0 unspecified atom stereocenters. The number of carbonyl (C=O) groups is 2. The van der Waals surface area contributed by atoms with Gasteiger partial charge in [0, 0.05) is 11.4 Å². The lowest BCUT2D eigenvalue weighted by Gasteiger charge is -2.23. The van der Waals surface area contributed by atoms with Crippen molar-refractivity contribution in [3.8, 4) is 0 Å². The fraction of sp³-hybridized carbons (Fsp3) is 0.429. The van der Waals surface area contributed by atoms with Gasteiger partial charge in [-0.3, -0.25) is 9.59 Å². The van der Waals surface area contributed by atoms with Gasteiger partial charge in [-0.2, -0.15) is 0 Å². The lowest BCUT2D eigenvalue weighted by atomic mass is 10.3. The molecule has 1 aromatic heterocycles. The number of nitrogens with one attached hydrogen (secondary N) is 1. The highest BCUT2D eigenvalue weighted by Gasteiger charge is 2.22. The fourth-order valence-electron chi connectivity index (χ4n) is 1.79. The normalized spacial score (nSPS) is 13.7. The summed E-state index contributed by atoms with van der Waals surface area (Å²) in [5.74, 6) is -0.381. The van der Waals surface area contributed by atoms with Gasteiger partial charge in [0.05, 0.1) is 13.1 Å². The molecule has 0 bridgehead atoms. The molecule has 1 aliphatic heterocycles. The largest absolute Gasteiger partial charge is 0.494 e. The minimum absolute atomic E-state index is 0.00140. The van der Waals surface area contributed by atoms with Crippen LogP contribution >= 0.6 is 11.3 Å². The summed E-state index contributed by atoms with van der Waals surface area (Å²) in [4.78, 5) is 26.6. The minimum Gasteiger partial charge on any atom is -0.494 e. The SMILES string of the molecule is CCN(CC(=O)NCc1cccs1)C(=O)C1=COCCO1. The minimum atomic E-state index is -0.330. The summed E-state index contributed by atoms with van der Waals surface area (Å²) in [5, 5.41) is 4.75. The molecular formula is C14H18N2O4S. The Morgan fingerprint density at radius 1 is 1.43 bits per heavy atom. The van der Waals surface area contributed by atoms with Crippen molar-refractivity contribution >= 4 is 23.2 Å². The molecule has 0 fully saturated rings. The van der Waals surface area contributed by atoms with Crippen molar-refractivity contribution in [2.24, 2.45) is 0 Å². The highest BCUT2D eigenvalue weighted by molar-refractivity contribution is 7.09. The second kappa shape index (κ2) is 7.68. The number of nitrogens with zero attached hydrogens (tertiary/aromatic N) is 1. The van der Waals surface area contributed by atoms with Crippen LogP contribution in [0, 0.1) is 0 Å². The molecule has 21 heavy (non-hydrogen) atoms. The summed E-state index contributed by atoms with van der Waals surface area (Å²) in [5.41, 5.74) is 0. The Bertz CT molecular complexity index is 513. The van der Waals surface area contributed by atoms with Gasteiger partial charge in [-0.1, -0.05) is 6.07 Å². The quantitative estimate of drug-likeness (QED) is 0.854. The molecule has 0 saturated carbocycles. The molecule has 114 valence electrons. The first-order valence-electron chi connectivity index (χ1n) is 6.73. The monoisotopic (exact) mass is 310 g/mol. The Balaban J connectivity index is 1.84. The van der Waals surface area contributed by atoms with E-state index < -0.39 is 0 Å².